The number of nitriles is 3. The standard InChI is InChI=1S/C14H12FN5O/c1-21-5-4-19-12-3-2-11(15)6-13(12)20-14(9-18)10(7-16)8-17/h2-3,6,19-20H,4-5H2,1H3. The number of nitrogens with zero attached hydrogens (tertiary/aromatic N) is 3. The molecule has 0 saturated carbocycles. The van der Waals surface area contributed by atoms with Crippen LogP contribution < -0.4 is 10.6 Å². The van der Waals surface area contributed by atoms with Gasteiger partial charge in [-0.1, -0.05) is 0 Å². The minimum Gasteiger partial charge on any atom is -0.383 e. The zero-order chi connectivity index (χ0) is 15.7. The second kappa shape index (κ2) is 8.16. The topological polar surface area (TPSA) is 105 Å². The van der Waals surface area contributed by atoms with E-state index in [1.54, 1.807) is 25.3 Å². The van der Waals surface area contributed by atoms with Crippen molar-refractivity contribution in [3.8, 4) is 18.2 Å². The van der Waals surface area contributed by atoms with E-state index >= 15 is 0 Å². The highest BCUT2D eigenvalue weighted by Crippen LogP contribution is 2.24. The quantitative estimate of drug-likeness (QED) is 0.612. The maximum absolute atomic E-state index is 13.3. The van der Waals surface area contributed by atoms with Gasteiger partial charge in [-0.05, 0) is 18.2 Å². The number of hydrogen-bond acceptors (Lipinski definition) is 6. The summed E-state index contributed by atoms with van der Waals surface area (Å²) in [5.74, 6) is -0.512. The van der Waals surface area contributed by atoms with Crippen molar-refractivity contribution in [2.45, 2.75) is 0 Å². The molecule has 1 aromatic carbocycles. The van der Waals surface area contributed by atoms with Crippen LogP contribution in [0, 0.1) is 39.8 Å². The van der Waals surface area contributed by atoms with Crippen molar-refractivity contribution in [1.82, 2.24) is 0 Å². The third kappa shape index (κ3) is 4.50. The van der Waals surface area contributed by atoms with Crippen molar-refractivity contribution in [3.05, 3.63) is 35.3 Å². The van der Waals surface area contributed by atoms with E-state index in [9.17, 15) is 4.39 Å². The molecule has 2 N–H and O–H groups in total. The van der Waals surface area contributed by atoms with Gasteiger partial charge in [-0.3, -0.25) is 0 Å². The SMILES string of the molecule is COCCNc1ccc(F)cc1NC(C#N)=C(C#N)C#N. The lowest BCUT2D eigenvalue weighted by Crippen LogP contribution is -2.10. The zero-order valence-corrected chi connectivity index (χ0v) is 11.3. The lowest BCUT2D eigenvalue weighted by molar-refractivity contribution is 0.211. The first-order valence-corrected chi connectivity index (χ1v) is 5.90. The molecule has 0 atom stereocenters. The first kappa shape index (κ1) is 16.0. The van der Waals surface area contributed by atoms with Gasteiger partial charge in [0.2, 0.25) is 0 Å². The first-order valence-electron chi connectivity index (χ1n) is 5.90. The Bertz CT molecular complexity index is 647. The summed E-state index contributed by atoms with van der Waals surface area (Å²) in [6, 6.07) is 8.84. The molecule has 106 valence electrons. The highest BCUT2D eigenvalue weighted by molar-refractivity contribution is 5.72. The van der Waals surface area contributed by atoms with Crippen molar-refractivity contribution in [3.63, 3.8) is 0 Å². The summed E-state index contributed by atoms with van der Waals surface area (Å²) < 4.78 is 18.2. The van der Waals surface area contributed by atoms with Crippen LogP contribution in [0.3, 0.4) is 0 Å². The van der Waals surface area contributed by atoms with Gasteiger partial charge in [0.05, 0.1) is 18.0 Å². The molecule has 0 fully saturated rings. The lowest BCUT2D eigenvalue weighted by atomic mass is 10.2. The van der Waals surface area contributed by atoms with Gasteiger partial charge in [-0.2, -0.15) is 15.8 Å². The predicted molar refractivity (Wildman–Crippen MR) is 74.3 cm³/mol. The Morgan fingerprint density at radius 3 is 2.48 bits per heavy atom. The molecule has 0 spiro atoms. The van der Waals surface area contributed by atoms with E-state index in [0.29, 0.717) is 18.8 Å². The fourth-order valence-electron chi connectivity index (χ4n) is 1.48. The average molecular weight is 285 g/mol. The normalized spacial score (nSPS) is 8.90. The molecule has 1 aromatic rings. The van der Waals surface area contributed by atoms with E-state index in [2.05, 4.69) is 10.6 Å². The molecular formula is C14H12FN5O. The van der Waals surface area contributed by atoms with Gasteiger partial charge < -0.3 is 15.4 Å². The molecule has 0 aliphatic carbocycles. The van der Waals surface area contributed by atoms with Gasteiger partial charge in [0.25, 0.3) is 0 Å². The molecule has 0 heterocycles. The maximum atomic E-state index is 13.3. The Kier molecular flexibility index (Phi) is 6.21. The zero-order valence-electron chi connectivity index (χ0n) is 11.3. The van der Waals surface area contributed by atoms with E-state index in [4.69, 9.17) is 20.5 Å². The maximum Gasteiger partial charge on any atom is 0.163 e. The average Bonchev–Trinajstić information content (AvgIpc) is 2.49. The molecule has 0 saturated heterocycles. The summed E-state index contributed by atoms with van der Waals surface area (Å²) in [6.45, 7) is 0.922. The first-order chi connectivity index (χ1) is 10.2. The van der Waals surface area contributed by atoms with Crippen LogP contribution in [0.2, 0.25) is 0 Å². The second-order valence-electron chi connectivity index (χ2n) is 3.82. The van der Waals surface area contributed by atoms with Crippen molar-refractivity contribution < 1.29 is 9.13 Å². The number of benzene rings is 1. The van der Waals surface area contributed by atoms with Crippen molar-refractivity contribution >= 4 is 11.4 Å². The highest BCUT2D eigenvalue weighted by Gasteiger charge is 2.10. The molecule has 0 radical (unpaired) electrons. The van der Waals surface area contributed by atoms with Crippen LogP contribution in [0.4, 0.5) is 15.8 Å². The fraction of sp³-hybridized carbons (Fsp3) is 0.214. The van der Waals surface area contributed by atoms with Gasteiger partial charge >= 0.3 is 0 Å². The van der Waals surface area contributed by atoms with E-state index < -0.39 is 5.82 Å². The number of hydrogen-bond donors (Lipinski definition) is 2. The lowest BCUT2D eigenvalue weighted by Gasteiger charge is -2.13. The van der Waals surface area contributed by atoms with Crippen molar-refractivity contribution in [2.75, 3.05) is 30.9 Å². The molecule has 0 amide bonds. The Balaban J connectivity index is 3.10. The molecule has 0 unspecified atom stereocenters. The monoisotopic (exact) mass is 285 g/mol. The number of methoxy groups -OCH3 is 1. The van der Waals surface area contributed by atoms with Crippen LogP contribution in [0.25, 0.3) is 0 Å². The van der Waals surface area contributed by atoms with Gasteiger partial charge in [0, 0.05) is 13.7 Å². The van der Waals surface area contributed by atoms with Crippen LogP contribution in [0.15, 0.2) is 29.5 Å². The third-order valence-corrected chi connectivity index (χ3v) is 2.45. The summed E-state index contributed by atoms with van der Waals surface area (Å²) in [4.78, 5) is 0. The minimum atomic E-state index is -0.512. The molecular weight excluding hydrogens is 273 g/mol. The molecule has 6 nitrogen and oxygen atoms in total. The smallest absolute Gasteiger partial charge is 0.163 e. The van der Waals surface area contributed by atoms with Gasteiger partial charge in [-0.15, -0.1) is 0 Å². The van der Waals surface area contributed by atoms with Gasteiger partial charge in [0.15, 0.2) is 5.57 Å². The molecule has 0 aliphatic rings. The molecule has 1 rings (SSSR count). The predicted octanol–water partition coefficient (Wildman–Crippen LogP) is 2.12. The Labute approximate surface area is 121 Å². The number of rotatable bonds is 6. The van der Waals surface area contributed by atoms with E-state index in [1.807, 2.05) is 0 Å². The van der Waals surface area contributed by atoms with E-state index in [0.717, 1.165) is 0 Å². The number of ether oxygens (including phenoxy) is 1. The van der Waals surface area contributed by atoms with Crippen molar-refractivity contribution in [1.29, 1.82) is 15.8 Å². The Morgan fingerprint density at radius 1 is 1.19 bits per heavy atom. The second-order valence-corrected chi connectivity index (χ2v) is 3.82. The fourth-order valence-corrected chi connectivity index (χ4v) is 1.48. The van der Waals surface area contributed by atoms with Crippen LogP contribution in [0.5, 0.6) is 0 Å². The molecule has 0 aromatic heterocycles. The largest absolute Gasteiger partial charge is 0.383 e. The minimum absolute atomic E-state index is 0.236. The van der Waals surface area contributed by atoms with E-state index in [1.165, 1.54) is 18.2 Å². The van der Waals surface area contributed by atoms with Gasteiger partial charge in [-0.25, -0.2) is 4.39 Å². The number of allylic oxidation sites excluding steroid dienone is 2. The molecule has 0 aliphatic heterocycles. The summed E-state index contributed by atoms with van der Waals surface area (Å²) in [5.41, 5.74) is 0.173. The summed E-state index contributed by atoms with van der Waals surface area (Å²) in [6.07, 6.45) is 0. The number of nitrogens with one attached hydrogen (secondary N) is 2. The summed E-state index contributed by atoms with van der Waals surface area (Å²) in [7, 11) is 1.55. The highest BCUT2D eigenvalue weighted by atomic mass is 19.1. The summed E-state index contributed by atoms with van der Waals surface area (Å²) in [5, 5.41) is 32.1. The number of anilines is 2. The van der Waals surface area contributed by atoms with Crippen LogP contribution >= 0.6 is 0 Å². The number of halogens is 1. The van der Waals surface area contributed by atoms with E-state index in [-0.39, 0.29) is 17.0 Å². The molecule has 7 heteroatoms. The molecule has 0 bridgehead atoms. The third-order valence-electron chi connectivity index (χ3n) is 2.45. The Morgan fingerprint density at radius 2 is 1.90 bits per heavy atom. The van der Waals surface area contributed by atoms with Crippen LogP contribution in [-0.4, -0.2) is 20.3 Å². The Hall–Kier alpha value is -3.08. The van der Waals surface area contributed by atoms with Gasteiger partial charge in [0.1, 0.15) is 29.7 Å². The molecule has 21 heavy (non-hydrogen) atoms. The van der Waals surface area contributed by atoms with Crippen LogP contribution in [-0.2, 0) is 4.74 Å². The van der Waals surface area contributed by atoms with Crippen LogP contribution in [0.1, 0.15) is 0 Å². The van der Waals surface area contributed by atoms with Crippen molar-refractivity contribution in [2.24, 2.45) is 0 Å². The summed E-state index contributed by atoms with van der Waals surface area (Å²) >= 11 is 0.